The highest BCUT2D eigenvalue weighted by Crippen LogP contribution is 2.20. The van der Waals surface area contributed by atoms with Crippen LogP contribution in [-0.4, -0.2) is 15.8 Å². The molecule has 2 aromatic rings. The maximum atomic E-state index is 12.2. The molecule has 1 heterocycles. The summed E-state index contributed by atoms with van der Waals surface area (Å²) in [5, 5.41) is 13.6. The first-order valence-electron chi connectivity index (χ1n) is 5.97. The van der Waals surface area contributed by atoms with E-state index in [0.717, 1.165) is 5.56 Å². The first kappa shape index (κ1) is 13.7. The van der Waals surface area contributed by atoms with Gasteiger partial charge in [0.1, 0.15) is 5.56 Å². The number of carbonyl (C=O) groups is 1. The highest BCUT2D eigenvalue weighted by atomic mass is 16.6. The summed E-state index contributed by atoms with van der Waals surface area (Å²) >= 11 is 0. The molecule has 0 unspecified atom stereocenters. The lowest BCUT2D eigenvalue weighted by atomic mass is 10.1. The Bertz CT molecular complexity index is 683. The minimum absolute atomic E-state index is 0.0263. The highest BCUT2D eigenvalue weighted by Gasteiger charge is 2.19. The molecule has 20 heavy (non-hydrogen) atoms. The van der Waals surface area contributed by atoms with Gasteiger partial charge in [-0.2, -0.15) is 0 Å². The number of benzene rings is 1. The van der Waals surface area contributed by atoms with Gasteiger partial charge in [-0.15, -0.1) is 0 Å². The Labute approximate surface area is 115 Å². The van der Waals surface area contributed by atoms with Crippen LogP contribution in [-0.2, 0) is 0 Å². The van der Waals surface area contributed by atoms with E-state index in [1.807, 2.05) is 6.92 Å². The fourth-order valence-corrected chi connectivity index (χ4v) is 1.78. The highest BCUT2D eigenvalue weighted by molar-refractivity contribution is 6.07. The minimum atomic E-state index is -0.573. The molecule has 0 spiro atoms. The van der Waals surface area contributed by atoms with Crippen molar-refractivity contribution in [2.45, 2.75) is 13.8 Å². The average molecular weight is 271 g/mol. The molecule has 6 heteroatoms. The Morgan fingerprint density at radius 2 is 2.00 bits per heavy atom. The number of rotatable bonds is 3. The fourth-order valence-electron chi connectivity index (χ4n) is 1.78. The number of pyridine rings is 1. The molecule has 0 radical (unpaired) electrons. The number of aromatic nitrogens is 1. The van der Waals surface area contributed by atoms with Gasteiger partial charge in [-0.05, 0) is 31.5 Å². The first-order chi connectivity index (χ1) is 9.49. The molecule has 0 aliphatic rings. The van der Waals surface area contributed by atoms with E-state index in [4.69, 9.17) is 0 Å². The zero-order valence-electron chi connectivity index (χ0n) is 11.1. The number of hydrogen-bond donors (Lipinski definition) is 1. The third-order valence-electron chi connectivity index (χ3n) is 2.82. The summed E-state index contributed by atoms with van der Waals surface area (Å²) in [5.41, 5.74) is 1.91. The number of nitro groups is 1. The van der Waals surface area contributed by atoms with Crippen LogP contribution in [0.25, 0.3) is 0 Å². The standard InChI is InChI=1S/C14H13N3O3/c1-9-7-12(10(2)15-8-9)16-14(18)11-5-3-4-6-13(11)17(19)20/h3-8H,1-2H3,(H,16,18). The first-order valence-corrected chi connectivity index (χ1v) is 5.97. The predicted molar refractivity (Wildman–Crippen MR) is 74.8 cm³/mol. The number of para-hydroxylation sites is 1. The summed E-state index contributed by atoms with van der Waals surface area (Å²) in [6.07, 6.45) is 1.69. The molecule has 102 valence electrons. The second kappa shape index (κ2) is 5.48. The lowest BCUT2D eigenvalue weighted by Gasteiger charge is -2.08. The summed E-state index contributed by atoms with van der Waals surface area (Å²) in [7, 11) is 0. The lowest BCUT2D eigenvalue weighted by molar-refractivity contribution is -0.385. The molecule has 1 aromatic heterocycles. The van der Waals surface area contributed by atoms with E-state index in [2.05, 4.69) is 10.3 Å². The topological polar surface area (TPSA) is 85.1 Å². The van der Waals surface area contributed by atoms with E-state index in [1.165, 1.54) is 18.2 Å². The molecular formula is C14H13N3O3. The average Bonchev–Trinajstić information content (AvgIpc) is 2.42. The van der Waals surface area contributed by atoms with Crippen LogP contribution < -0.4 is 5.32 Å². The minimum Gasteiger partial charge on any atom is -0.320 e. The predicted octanol–water partition coefficient (Wildman–Crippen LogP) is 2.86. The molecule has 1 N–H and O–H groups in total. The summed E-state index contributed by atoms with van der Waals surface area (Å²) in [4.78, 5) is 26.6. The third-order valence-corrected chi connectivity index (χ3v) is 2.82. The molecule has 1 amide bonds. The van der Waals surface area contributed by atoms with E-state index in [0.29, 0.717) is 11.4 Å². The van der Waals surface area contributed by atoms with Gasteiger partial charge >= 0.3 is 0 Å². The molecule has 0 aliphatic heterocycles. The maximum Gasteiger partial charge on any atom is 0.282 e. The number of nitrogens with zero attached hydrogens (tertiary/aromatic N) is 2. The molecule has 0 fully saturated rings. The van der Waals surface area contributed by atoms with Gasteiger partial charge in [-0.25, -0.2) is 0 Å². The number of carbonyl (C=O) groups excluding carboxylic acids is 1. The summed E-state index contributed by atoms with van der Waals surface area (Å²) < 4.78 is 0. The van der Waals surface area contributed by atoms with Gasteiger partial charge in [-0.3, -0.25) is 19.9 Å². The second-order valence-electron chi connectivity index (χ2n) is 4.37. The fraction of sp³-hybridized carbons (Fsp3) is 0.143. The van der Waals surface area contributed by atoms with Gasteiger partial charge < -0.3 is 5.32 Å². The Morgan fingerprint density at radius 1 is 1.30 bits per heavy atom. The number of nitro benzene ring substituents is 1. The number of anilines is 1. The summed E-state index contributed by atoms with van der Waals surface area (Å²) in [6, 6.07) is 7.61. The lowest BCUT2D eigenvalue weighted by Crippen LogP contribution is -2.15. The van der Waals surface area contributed by atoms with Crippen molar-refractivity contribution in [2.75, 3.05) is 5.32 Å². The number of aryl methyl sites for hydroxylation is 2. The third kappa shape index (κ3) is 2.80. The molecule has 0 saturated heterocycles. The van der Waals surface area contributed by atoms with Crippen LogP contribution in [0.2, 0.25) is 0 Å². The molecule has 1 aromatic carbocycles. The van der Waals surface area contributed by atoms with Gasteiger partial charge in [0.05, 0.1) is 16.3 Å². The Balaban J connectivity index is 2.33. The smallest absolute Gasteiger partial charge is 0.282 e. The molecule has 0 aliphatic carbocycles. The molecule has 0 atom stereocenters. The van der Waals surface area contributed by atoms with E-state index in [-0.39, 0.29) is 11.3 Å². The van der Waals surface area contributed by atoms with E-state index < -0.39 is 10.8 Å². The zero-order valence-corrected chi connectivity index (χ0v) is 11.1. The van der Waals surface area contributed by atoms with Crippen LogP contribution >= 0.6 is 0 Å². The molecule has 0 bridgehead atoms. The maximum absolute atomic E-state index is 12.2. The van der Waals surface area contributed by atoms with Gasteiger partial charge in [0.2, 0.25) is 0 Å². The van der Waals surface area contributed by atoms with E-state index in [9.17, 15) is 14.9 Å². The van der Waals surface area contributed by atoms with Crippen molar-refractivity contribution in [3.05, 3.63) is 63.5 Å². The number of nitrogens with one attached hydrogen (secondary N) is 1. The Kier molecular flexibility index (Phi) is 3.74. The molecule has 6 nitrogen and oxygen atoms in total. The van der Waals surface area contributed by atoms with Crippen LogP contribution in [0.4, 0.5) is 11.4 Å². The quantitative estimate of drug-likeness (QED) is 0.687. The zero-order chi connectivity index (χ0) is 14.7. The molecule has 2 rings (SSSR count). The summed E-state index contributed by atoms with van der Waals surface area (Å²) in [6.45, 7) is 3.61. The van der Waals surface area contributed by atoms with Crippen molar-refractivity contribution >= 4 is 17.3 Å². The van der Waals surface area contributed by atoms with Crippen molar-refractivity contribution in [2.24, 2.45) is 0 Å². The van der Waals surface area contributed by atoms with Gasteiger partial charge in [0.25, 0.3) is 11.6 Å². The molecular weight excluding hydrogens is 258 g/mol. The van der Waals surface area contributed by atoms with Crippen LogP contribution in [0.1, 0.15) is 21.6 Å². The van der Waals surface area contributed by atoms with Crippen molar-refractivity contribution < 1.29 is 9.72 Å². The largest absolute Gasteiger partial charge is 0.320 e. The Morgan fingerprint density at radius 3 is 2.70 bits per heavy atom. The van der Waals surface area contributed by atoms with Crippen molar-refractivity contribution in [3.8, 4) is 0 Å². The van der Waals surface area contributed by atoms with Gasteiger partial charge in [0.15, 0.2) is 0 Å². The van der Waals surface area contributed by atoms with Gasteiger partial charge in [-0.1, -0.05) is 12.1 Å². The normalized spacial score (nSPS) is 10.1. The second-order valence-corrected chi connectivity index (χ2v) is 4.37. The van der Waals surface area contributed by atoms with Gasteiger partial charge in [0, 0.05) is 12.3 Å². The van der Waals surface area contributed by atoms with Crippen LogP contribution in [0.3, 0.4) is 0 Å². The van der Waals surface area contributed by atoms with Crippen molar-refractivity contribution in [3.63, 3.8) is 0 Å². The summed E-state index contributed by atoms with van der Waals surface area (Å²) in [5.74, 6) is -0.521. The number of amides is 1. The monoisotopic (exact) mass is 271 g/mol. The molecule has 0 saturated carbocycles. The van der Waals surface area contributed by atoms with Crippen molar-refractivity contribution in [1.82, 2.24) is 4.98 Å². The number of hydrogen-bond acceptors (Lipinski definition) is 4. The van der Waals surface area contributed by atoms with Crippen LogP contribution in [0, 0.1) is 24.0 Å². The van der Waals surface area contributed by atoms with E-state index >= 15 is 0 Å². The Hall–Kier alpha value is -2.76. The van der Waals surface area contributed by atoms with Crippen molar-refractivity contribution in [1.29, 1.82) is 0 Å². The van der Waals surface area contributed by atoms with Crippen LogP contribution in [0.5, 0.6) is 0 Å². The van der Waals surface area contributed by atoms with E-state index in [1.54, 1.807) is 25.3 Å². The van der Waals surface area contributed by atoms with Crippen LogP contribution in [0.15, 0.2) is 36.5 Å². The SMILES string of the molecule is Cc1cnc(C)c(NC(=O)c2ccccc2[N+](=O)[O-])c1.